The highest BCUT2D eigenvalue weighted by atomic mass is 35.5. The fraction of sp³-hybridized carbons (Fsp3) is 0.185. The minimum Gasteiger partial charge on any atom is -0.454 e. The molecule has 0 spiro atoms. The Labute approximate surface area is 228 Å². The lowest BCUT2D eigenvalue weighted by Gasteiger charge is -2.16. The third-order valence-corrected chi connectivity index (χ3v) is 6.59. The molecule has 1 fully saturated rings. The highest BCUT2D eigenvalue weighted by Crippen LogP contribution is 2.24. The van der Waals surface area contributed by atoms with Crippen LogP contribution in [0.1, 0.15) is 32.7 Å². The highest BCUT2D eigenvalue weighted by molar-refractivity contribution is 6.37. The van der Waals surface area contributed by atoms with Gasteiger partial charge in [0, 0.05) is 15.6 Å². The maximum absolute atomic E-state index is 12.9. The molecule has 0 aliphatic carbocycles. The molecular weight excluding hydrogens is 539 g/mol. The summed E-state index contributed by atoms with van der Waals surface area (Å²) in [4.78, 5) is 51.2. The number of hydrogen-bond acceptors (Lipinski definition) is 6. The van der Waals surface area contributed by atoms with Gasteiger partial charge in [0.1, 0.15) is 0 Å². The zero-order valence-electron chi connectivity index (χ0n) is 19.4. The summed E-state index contributed by atoms with van der Waals surface area (Å²) in [5.41, 5.74) is 1.76. The molecule has 0 aromatic heterocycles. The van der Waals surface area contributed by atoms with Crippen molar-refractivity contribution in [2.75, 3.05) is 18.1 Å². The Morgan fingerprint density at radius 2 is 1.59 bits per heavy atom. The van der Waals surface area contributed by atoms with Crippen LogP contribution in [-0.4, -0.2) is 42.8 Å². The van der Waals surface area contributed by atoms with Crippen molar-refractivity contribution in [1.82, 2.24) is 5.32 Å². The molecule has 1 aliphatic heterocycles. The van der Waals surface area contributed by atoms with Gasteiger partial charge in [-0.1, -0.05) is 46.9 Å². The van der Waals surface area contributed by atoms with Crippen LogP contribution in [0.25, 0.3) is 0 Å². The maximum Gasteiger partial charge on any atom is 0.338 e. The fourth-order valence-corrected chi connectivity index (χ4v) is 4.50. The number of halogens is 3. The minimum absolute atomic E-state index is 0.0403. The summed E-state index contributed by atoms with van der Waals surface area (Å²) in [5, 5.41) is 4.33. The third kappa shape index (κ3) is 6.56. The number of ketones is 1. The lowest BCUT2D eigenvalue weighted by molar-refractivity contribution is -0.121. The van der Waals surface area contributed by atoms with Crippen molar-refractivity contribution < 1.29 is 23.9 Å². The first kappa shape index (κ1) is 26.8. The normalized spacial score (nSPS) is 15.2. The van der Waals surface area contributed by atoms with E-state index in [1.807, 2.05) is 12.1 Å². The fourth-order valence-electron chi connectivity index (χ4n) is 3.86. The van der Waals surface area contributed by atoms with Gasteiger partial charge in [-0.15, -0.1) is 0 Å². The van der Waals surface area contributed by atoms with Crippen molar-refractivity contribution in [3.8, 4) is 0 Å². The van der Waals surface area contributed by atoms with Crippen LogP contribution in [0.3, 0.4) is 0 Å². The van der Waals surface area contributed by atoms with Gasteiger partial charge < -0.3 is 10.1 Å². The lowest BCUT2D eigenvalue weighted by atomic mass is 10.1. The number of rotatable bonds is 9. The summed E-state index contributed by atoms with van der Waals surface area (Å²) >= 11 is 17.7. The summed E-state index contributed by atoms with van der Waals surface area (Å²) in [6.07, 6.45) is 0.720. The number of carbonyl (C=O) groups is 4. The van der Waals surface area contributed by atoms with Crippen molar-refractivity contribution in [2.24, 2.45) is 0 Å². The molecule has 10 heteroatoms. The molecule has 1 N–H and O–H groups in total. The number of esters is 1. The van der Waals surface area contributed by atoms with Gasteiger partial charge in [-0.2, -0.15) is 0 Å². The number of nitrogens with one attached hydrogen (secondary N) is 1. The molecule has 1 atom stereocenters. The van der Waals surface area contributed by atoms with E-state index >= 15 is 0 Å². The molecule has 1 saturated heterocycles. The van der Waals surface area contributed by atoms with Gasteiger partial charge in [0.25, 0.3) is 5.91 Å². The van der Waals surface area contributed by atoms with E-state index in [4.69, 9.17) is 39.5 Å². The first-order chi connectivity index (χ1) is 17.7. The molecule has 0 radical (unpaired) electrons. The Kier molecular flexibility index (Phi) is 8.61. The Balaban J connectivity index is 1.31. The van der Waals surface area contributed by atoms with Crippen LogP contribution in [0.2, 0.25) is 15.1 Å². The molecule has 37 heavy (non-hydrogen) atoms. The van der Waals surface area contributed by atoms with Crippen LogP contribution in [0, 0.1) is 0 Å². The summed E-state index contributed by atoms with van der Waals surface area (Å²) in [6.45, 7) is 0.0122. The van der Waals surface area contributed by atoms with Gasteiger partial charge in [0.15, 0.2) is 6.61 Å². The molecular formula is C27H21Cl3N2O5. The van der Waals surface area contributed by atoms with E-state index < -0.39 is 24.4 Å². The molecule has 3 aromatic rings. The average molecular weight is 560 g/mol. The van der Waals surface area contributed by atoms with Crippen molar-refractivity contribution in [3.05, 3.63) is 98.5 Å². The van der Waals surface area contributed by atoms with Crippen LogP contribution in [-0.2, 0) is 20.7 Å². The van der Waals surface area contributed by atoms with Crippen LogP contribution in [0.5, 0.6) is 0 Å². The van der Waals surface area contributed by atoms with Gasteiger partial charge in [-0.05, 0) is 73.1 Å². The quantitative estimate of drug-likeness (QED) is 0.221. The molecule has 0 bridgehead atoms. The number of benzene rings is 3. The topological polar surface area (TPSA) is 92.8 Å². The number of anilines is 1. The van der Waals surface area contributed by atoms with Crippen molar-refractivity contribution in [2.45, 2.75) is 18.9 Å². The Bertz CT molecular complexity index is 1340. The van der Waals surface area contributed by atoms with Gasteiger partial charge in [0.2, 0.25) is 11.7 Å². The first-order valence-electron chi connectivity index (χ1n) is 11.3. The Hall–Kier alpha value is -3.23. The van der Waals surface area contributed by atoms with E-state index in [1.165, 1.54) is 42.5 Å². The van der Waals surface area contributed by atoms with Crippen molar-refractivity contribution >= 4 is 64.1 Å². The summed E-state index contributed by atoms with van der Waals surface area (Å²) in [6, 6.07) is 17.0. The molecule has 0 saturated carbocycles. The summed E-state index contributed by atoms with van der Waals surface area (Å²) < 4.78 is 5.10. The third-order valence-electron chi connectivity index (χ3n) is 5.79. The Morgan fingerprint density at radius 1 is 0.919 bits per heavy atom. The lowest BCUT2D eigenvalue weighted by Crippen LogP contribution is -2.39. The zero-order valence-corrected chi connectivity index (χ0v) is 21.6. The van der Waals surface area contributed by atoms with E-state index in [0.29, 0.717) is 28.7 Å². The molecule has 3 aromatic carbocycles. The van der Waals surface area contributed by atoms with Gasteiger partial charge in [-0.3, -0.25) is 14.4 Å². The van der Waals surface area contributed by atoms with E-state index in [1.54, 1.807) is 12.1 Å². The van der Waals surface area contributed by atoms with E-state index in [9.17, 15) is 19.2 Å². The smallest absolute Gasteiger partial charge is 0.338 e. The van der Waals surface area contributed by atoms with Crippen LogP contribution in [0.15, 0.2) is 66.7 Å². The Morgan fingerprint density at radius 3 is 2.27 bits per heavy atom. The molecule has 1 heterocycles. The standard InChI is InChI=1S/C27H21Cl3N2O5/c28-18-5-1-16(2-6-18)11-12-31-23-14-25(34)32(26(23)35)20-8-3-17(4-9-20)27(36)37-15-24(33)21-10-7-19(29)13-22(21)30/h1-10,13,23,31H,11-12,14-15H2. The molecule has 2 amide bonds. The summed E-state index contributed by atoms with van der Waals surface area (Å²) in [5.74, 6) is -1.91. The largest absolute Gasteiger partial charge is 0.454 e. The molecule has 4 rings (SSSR count). The molecule has 1 unspecified atom stereocenters. The number of amides is 2. The number of hydrogen-bond donors (Lipinski definition) is 1. The molecule has 7 nitrogen and oxygen atoms in total. The van der Waals surface area contributed by atoms with Crippen molar-refractivity contribution in [1.29, 1.82) is 0 Å². The highest BCUT2D eigenvalue weighted by Gasteiger charge is 2.39. The second-order valence-electron chi connectivity index (χ2n) is 8.33. The van der Waals surface area contributed by atoms with Gasteiger partial charge in [0.05, 0.1) is 28.7 Å². The maximum atomic E-state index is 12.9. The molecule has 1 aliphatic rings. The second kappa shape index (κ2) is 11.9. The predicted octanol–water partition coefficient (Wildman–Crippen LogP) is 5.15. The van der Waals surface area contributed by atoms with E-state index in [2.05, 4.69) is 5.32 Å². The first-order valence-corrected chi connectivity index (χ1v) is 12.5. The average Bonchev–Trinajstić information content (AvgIpc) is 3.16. The van der Waals surface area contributed by atoms with Gasteiger partial charge >= 0.3 is 5.97 Å². The van der Waals surface area contributed by atoms with Gasteiger partial charge in [-0.25, -0.2) is 9.69 Å². The van der Waals surface area contributed by atoms with Crippen LogP contribution >= 0.6 is 34.8 Å². The minimum atomic E-state index is -0.731. The monoisotopic (exact) mass is 558 g/mol. The zero-order chi connectivity index (χ0) is 26.5. The van der Waals surface area contributed by atoms with E-state index in [0.717, 1.165) is 10.5 Å². The van der Waals surface area contributed by atoms with Crippen molar-refractivity contribution in [3.63, 3.8) is 0 Å². The molecule has 190 valence electrons. The predicted molar refractivity (Wildman–Crippen MR) is 142 cm³/mol. The number of ether oxygens (including phenoxy) is 1. The summed E-state index contributed by atoms with van der Waals surface area (Å²) in [7, 11) is 0. The van der Waals surface area contributed by atoms with E-state index in [-0.39, 0.29) is 34.4 Å². The van der Waals surface area contributed by atoms with Crippen LogP contribution < -0.4 is 10.2 Å². The number of Topliss-reactive ketones (excluding diaryl/α,β-unsaturated/α-hetero) is 1. The number of carbonyl (C=O) groups excluding carboxylic acids is 4. The number of imide groups is 1. The second-order valence-corrected chi connectivity index (χ2v) is 9.61. The van der Waals surface area contributed by atoms with Crippen LogP contribution in [0.4, 0.5) is 5.69 Å². The number of nitrogens with zero attached hydrogens (tertiary/aromatic N) is 1. The SMILES string of the molecule is O=C(OCC(=O)c1ccc(Cl)cc1Cl)c1ccc(N2C(=O)CC(NCCc3ccc(Cl)cc3)C2=O)cc1.